The minimum Gasteiger partial charge on any atom is -0.242 e. The van der Waals surface area contributed by atoms with Crippen molar-refractivity contribution < 1.29 is 18.9 Å². The molecule has 0 amide bonds. The Balaban J connectivity index is 0.00000169. The zero-order valence-corrected chi connectivity index (χ0v) is 10.5. The van der Waals surface area contributed by atoms with E-state index >= 15 is 0 Å². The smallest absolute Gasteiger partial charge is 0.242 e. The monoisotopic (exact) mass is 196 g/mol. The van der Waals surface area contributed by atoms with Gasteiger partial charge in [0.05, 0.1) is 8.07 Å². The molecule has 0 spiro atoms. The van der Waals surface area contributed by atoms with Crippen LogP contribution in [0.4, 0.5) is 0 Å². The van der Waals surface area contributed by atoms with Crippen LogP contribution in [0.3, 0.4) is 0 Å². The number of rotatable bonds is 3. The van der Waals surface area contributed by atoms with Crippen molar-refractivity contribution in [2.75, 3.05) is 0 Å². The van der Waals surface area contributed by atoms with E-state index in [-0.39, 0.29) is 18.9 Å². The van der Waals surface area contributed by atoms with Gasteiger partial charge in [0.1, 0.15) is 0 Å². The summed E-state index contributed by atoms with van der Waals surface area (Å²) in [5.74, 6) is 0. The predicted molar refractivity (Wildman–Crippen MR) is 62.9 cm³/mol. The molecule has 0 aliphatic rings. The number of hydrogen-bond acceptors (Lipinski definition) is 0. The molecule has 0 N–H and O–H groups in total. The van der Waals surface area contributed by atoms with Crippen molar-refractivity contribution in [2.45, 2.75) is 19.1 Å². The molecule has 0 atom stereocenters. The zero-order chi connectivity index (χ0) is 9.90. The van der Waals surface area contributed by atoms with E-state index in [1.807, 2.05) is 0 Å². The first-order valence-corrected chi connectivity index (χ1v) is 7.78. The van der Waals surface area contributed by atoms with Gasteiger partial charge in [0.25, 0.3) is 0 Å². The third-order valence-electron chi connectivity index (χ3n) is 2.25. The van der Waals surface area contributed by atoms with Crippen LogP contribution in [-0.2, 0) is 0 Å². The molecule has 1 rings (SSSR count). The van der Waals surface area contributed by atoms with Crippen LogP contribution in [0.25, 0.3) is 0 Å². The van der Waals surface area contributed by atoms with Crippen molar-refractivity contribution in [1.29, 1.82) is 0 Å². The molecular weight excluding hydrogens is 179 g/mol. The zero-order valence-electron chi connectivity index (χ0n) is 9.51. The molecule has 2 heteroatoms. The molecule has 1 aromatic carbocycles. The molecule has 0 saturated carbocycles. The Bertz CT molecular complexity index is 290. The predicted octanol–water partition coefficient (Wildman–Crippen LogP) is -0.00371. The topological polar surface area (TPSA) is 0 Å². The van der Waals surface area contributed by atoms with Crippen molar-refractivity contribution in [3.63, 3.8) is 0 Å². The average molecular weight is 196 g/mol. The molecule has 1 aromatic rings. The van der Waals surface area contributed by atoms with Crippen molar-refractivity contribution >= 4 is 13.3 Å². The molecule has 0 saturated heterocycles. The van der Waals surface area contributed by atoms with Crippen LogP contribution in [-0.4, -0.2) is 8.07 Å². The van der Waals surface area contributed by atoms with Gasteiger partial charge in [-0.05, 0) is 0 Å². The van der Waals surface area contributed by atoms with E-state index in [4.69, 9.17) is 0 Å². The number of allylic oxidation sites excluding steroid dienone is 1. The first-order valence-electron chi connectivity index (χ1n) is 4.57. The van der Waals surface area contributed by atoms with Gasteiger partial charge in [-0.25, -0.2) is 19.1 Å². The van der Waals surface area contributed by atoms with Gasteiger partial charge >= 0.3 is 18.9 Å². The second kappa shape index (κ2) is 5.51. The summed E-state index contributed by atoms with van der Waals surface area (Å²) in [5.41, 5.74) is 1.06. The minimum absolute atomic E-state index is 0. The Morgan fingerprint density at radius 2 is 1.79 bits per heavy atom. The van der Waals surface area contributed by atoms with E-state index in [2.05, 4.69) is 56.9 Å². The van der Waals surface area contributed by atoms with Crippen LogP contribution >= 0.6 is 0 Å². The Hall–Kier alpha value is -0.356. The van der Waals surface area contributed by atoms with E-state index in [1.54, 1.807) is 0 Å². The van der Waals surface area contributed by atoms with Gasteiger partial charge in [-0.2, -0.15) is 0 Å². The molecule has 70 valence electrons. The molecular formula is C12H17LiSi. The molecule has 0 aromatic heterocycles. The van der Waals surface area contributed by atoms with E-state index in [9.17, 15) is 0 Å². The Morgan fingerprint density at radius 3 is 2.21 bits per heavy atom. The van der Waals surface area contributed by atoms with Crippen LogP contribution < -0.4 is 24.0 Å². The van der Waals surface area contributed by atoms with Crippen LogP contribution in [0, 0.1) is 6.92 Å². The summed E-state index contributed by atoms with van der Waals surface area (Å²) in [6.07, 6.45) is 0. The van der Waals surface area contributed by atoms with E-state index < -0.39 is 8.07 Å². The number of benzene rings is 1. The van der Waals surface area contributed by atoms with Gasteiger partial charge in [0.15, 0.2) is 0 Å². The molecule has 0 radical (unpaired) electrons. The summed E-state index contributed by atoms with van der Waals surface area (Å²) in [4.78, 5) is 0. The maximum absolute atomic E-state index is 3.89. The summed E-state index contributed by atoms with van der Waals surface area (Å²) >= 11 is 0. The summed E-state index contributed by atoms with van der Waals surface area (Å²) in [6, 6.07) is 11.8. The van der Waals surface area contributed by atoms with E-state index in [0.717, 1.165) is 11.6 Å². The average Bonchev–Trinajstić information content (AvgIpc) is 2.04. The summed E-state index contributed by atoms with van der Waals surface area (Å²) in [5, 5.41) is 1.49. The van der Waals surface area contributed by atoms with E-state index in [1.165, 1.54) is 5.19 Å². The van der Waals surface area contributed by atoms with Gasteiger partial charge < -0.3 is 0 Å². The van der Waals surface area contributed by atoms with Crippen molar-refractivity contribution in [2.24, 2.45) is 0 Å². The summed E-state index contributed by atoms with van der Waals surface area (Å²) in [6.45, 7) is 12.5. The molecule has 0 heterocycles. The molecule has 0 aliphatic carbocycles. The van der Waals surface area contributed by atoms with Crippen LogP contribution in [0.2, 0.25) is 19.1 Å². The Labute approximate surface area is 101 Å². The second-order valence-corrected chi connectivity index (χ2v) is 8.88. The van der Waals surface area contributed by atoms with Crippen molar-refractivity contribution in [3.8, 4) is 0 Å². The standard InChI is InChI=1S/C12H17Si.Li/c1-11(2)10-13(3,4)12-8-6-5-7-9-12;/h5-9H,1-2,10H2,3-4H3;/q-1;+1. The maximum atomic E-state index is 3.89. The first kappa shape index (κ1) is 13.6. The van der Waals surface area contributed by atoms with Gasteiger partial charge in [0, 0.05) is 0 Å². The van der Waals surface area contributed by atoms with Gasteiger partial charge in [-0.15, -0.1) is 0 Å². The minimum atomic E-state index is -1.30. The molecule has 0 bridgehead atoms. The molecule has 0 aliphatic heterocycles. The Morgan fingerprint density at radius 1 is 1.29 bits per heavy atom. The van der Waals surface area contributed by atoms with Gasteiger partial charge in [-0.1, -0.05) is 54.7 Å². The molecule has 14 heavy (non-hydrogen) atoms. The van der Waals surface area contributed by atoms with Crippen molar-refractivity contribution in [3.05, 3.63) is 49.4 Å². The number of hydrogen-bond donors (Lipinski definition) is 0. The van der Waals surface area contributed by atoms with Crippen LogP contribution in [0.15, 0.2) is 42.5 Å². The van der Waals surface area contributed by atoms with Crippen LogP contribution in [0.5, 0.6) is 0 Å². The van der Waals surface area contributed by atoms with E-state index in [0.29, 0.717) is 0 Å². The molecule has 0 fully saturated rings. The quantitative estimate of drug-likeness (QED) is 0.471. The van der Waals surface area contributed by atoms with Crippen LogP contribution in [0.1, 0.15) is 0 Å². The normalized spacial score (nSPS) is 10.4. The largest absolute Gasteiger partial charge is 1.00 e. The van der Waals surface area contributed by atoms with Gasteiger partial charge in [-0.3, -0.25) is 0 Å². The third-order valence-corrected chi connectivity index (χ3v) is 5.53. The first-order chi connectivity index (χ1) is 6.02. The Kier molecular flexibility index (Phi) is 5.37. The van der Waals surface area contributed by atoms with Crippen molar-refractivity contribution in [1.82, 2.24) is 0 Å². The van der Waals surface area contributed by atoms with Gasteiger partial charge in [0.2, 0.25) is 0 Å². The summed E-state index contributed by atoms with van der Waals surface area (Å²) in [7, 11) is -1.30. The fourth-order valence-electron chi connectivity index (χ4n) is 1.62. The molecule has 0 nitrogen and oxygen atoms in total. The fraction of sp³-hybridized carbons (Fsp3) is 0.250. The second-order valence-electron chi connectivity index (χ2n) is 4.18. The maximum Gasteiger partial charge on any atom is 1.00 e. The summed E-state index contributed by atoms with van der Waals surface area (Å²) < 4.78 is 0. The fourth-order valence-corrected chi connectivity index (χ4v) is 4.17. The third kappa shape index (κ3) is 3.80. The molecule has 0 unspecified atom stereocenters. The SMILES string of the molecule is C=C([CH2-])C[Si](C)(C)c1ccccc1.[Li+].